The molecule has 0 atom stereocenters. The van der Waals surface area contributed by atoms with Crippen molar-refractivity contribution in [3.63, 3.8) is 0 Å². The Morgan fingerprint density at radius 1 is 1.41 bits per heavy atom. The van der Waals surface area contributed by atoms with Crippen molar-refractivity contribution in [3.8, 4) is 0 Å². The van der Waals surface area contributed by atoms with Gasteiger partial charge in [-0.3, -0.25) is 0 Å². The monoisotopic (exact) mass is 254 g/mol. The molecule has 1 aliphatic rings. The summed E-state index contributed by atoms with van der Waals surface area (Å²) in [7, 11) is -3.84. The molecular formula is C12H14O4S. The first-order valence-electron chi connectivity index (χ1n) is 5.25. The molecule has 0 saturated carbocycles. The van der Waals surface area contributed by atoms with Crippen LogP contribution >= 0.6 is 0 Å². The third kappa shape index (κ3) is 2.79. The van der Waals surface area contributed by atoms with Gasteiger partial charge in [-0.1, -0.05) is 26.0 Å². The van der Waals surface area contributed by atoms with Crippen molar-refractivity contribution >= 4 is 10.1 Å². The van der Waals surface area contributed by atoms with E-state index in [2.05, 4.69) is 0 Å². The van der Waals surface area contributed by atoms with Crippen LogP contribution in [-0.2, 0) is 14.3 Å². The molecule has 1 aromatic heterocycles. The van der Waals surface area contributed by atoms with Crippen LogP contribution in [0.5, 0.6) is 0 Å². The molecule has 17 heavy (non-hydrogen) atoms. The molecule has 0 aromatic carbocycles. The lowest BCUT2D eigenvalue weighted by molar-refractivity contribution is 0.321. The van der Waals surface area contributed by atoms with Crippen molar-refractivity contribution in [3.05, 3.63) is 42.4 Å². The summed E-state index contributed by atoms with van der Waals surface area (Å²) in [4.78, 5) is 0. The van der Waals surface area contributed by atoms with Crippen LogP contribution in [0.4, 0.5) is 0 Å². The molecule has 1 heterocycles. The Kier molecular flexibility index (Phi) is 2.87. The summed E-state index contributed by atoms with van der Waals surface area (Å²) >= 11 is 0. The van der Waals surface area contributed by atoms with Gasteiger partial charge in [-0.05, 0) is 23.6 Å². The van der Waals surface area contributed by atoms with Gasteiger partial charge in [-0.2, -0.15) is 8.42 Å². The van der Waals surface area contributed by atoms with Crippen molar-refractivity contribution in [2.75, 3.05) is 0 Å². The number of allylic oxidation sites excluding steroid dienone is 4. The third-order valence-corrected chi connectivity index (χ3v) is 3.58. The van der Waals surface area contributed by atoms with E-state index in [1.165, 1.54) is 18.4 Å². The molecule has 0 bridgehead atoms. The molecule has 0 radical (unpaired) electrons. The first-order chi connectivity index (χ1) is 7.89. The lowest BCUT2D eigenvalue weighted by Gasteiger charge is -2.24. The van der Waals surface area contributed by atoms with Crippen molar-refractivity contribution in [1.29, 1.82) is 0 Å². The van der Waals surface area contributed by atoms with Crippen LogP contribution in [0.3, 0.4) is 0 Å². The Morgan fingerprint density at radius 2 is 2.18 bits per heavy atom. The van der Waals surface area contributed by atoms with Crippen LogP contribution in [0, 0.1) is 5.41 Å². The Morgan fingerprint density at radius 3 is 2.76 bits per heavy atom. The molecule has 5 heteroatoms. The van der Waals surface area contributed by atoms with Gasteiger partial charge in [0, 0.05) is 6.42 Å². The summed E-state index contributed by atoms with van der Waals surface area (Å²) in [5.41, 5.74) is -0.0945. The normalized spacial score (nSPS) is 18.8. The smallest absolute Gasteiger partial charge is 0.372 e. The summed E-state index contributed by atoms with van der Waals surface area (Å²) in [6.45, 7) is 4.03. The van der Waals surface area contributed by atoms with E-state index in [0.29, 0.717) is 12.2 Å². The quantitative estimate of drug-likeness (QED) is 0.778. The van der Waals surface area contributed by atoms with Gasteiger partial charge in [-0.25, -0.2) is 0 Å². The lowest BCUT2D eigenvalue weighted by atomic mass is 9.85. The highest BCUT2D eigenvalue weighted by Crippen LogP contribution is 2.32. The van der Waals surface area contributed by atoms with Crippen LogP contribution in [0.25, 0.3) is 0 Å². The Hall–Kier alpha value is -1.49. The molecular weight excluding hydrogens is 240 g/mol. The fourth-order valence-corrected chi connectivity index (χ4v) is 2.52. The predicted molar refractivity (Wildman–Crippen MR) is 62.6 cm³/mol. The van der Waals surface area contributed by atoms with Gasteiger partial charge in [-0.15, -0.1) is 0 Å². The standard InChI is InChI=1S/C12H14O4S/c1-12(2)7-3-5-10(9-12)16-17(13,14)11-6-4-8-15-11/h3-8H,9H2,1-2H3. The van der Waals surface area contributed by atoms with Crippen molar-refractivity contribution in [2.24, 2.45) is 5.41 Å². The first kappa shape index (κ1) is 12.0. The van der Waals surface area contributed by atoms with Gasteiger partial charge in [0.1, 0.15) is 5.76 Å². The molecule has 1 aromatic rings. The molecule has 0 N–H and O–H groups in total. The van der Waals surface area contributed by atoms with E-state index < -0.39 is 10.1 Å². The average molecular weight is 254 g/mol. The minimum Gasteiger partial charge on any atom is -0.450 e. The van der Waals surface area contributed by atoms with E-state index in [1.807, 2.05) is 19.9 Å². The van der Waals surface area contributed by atoms with Crippen LogP contribution in [0.1, 0.15) is 20.3 Å². The third-order valence-electron chi connectivity index (χ3n) is 2.42. The topological polar surface area (TPSA) is 56.5 Å². The highest BCUT2D eigenvalue weighted by Gasteiger charge is 2.26. The second kappa shape index (κ2) is 4.07. The maximum Gasteiger partial charge on any atom is 0.372 e. The molecule has 0 aliphatic heterocycles. The zero-order chi connectivity index (χ0) is 12.5. The van der Waals surface area contributed by atoms with E-state index in [9.17, 15) is 8.42 Å². The maximum atomic E-state index is 11.8. The van der Waals surface area contributed by atoms with Gasteiger partial charge < -0.3 is 8.60 Å². The molecule has 0 spiro atoms. The summed E-state index contributed by atoms with van der Waals surface area (Å²) in [6, 6.07) is 2.87. The highest BCUT2D eigenvalue weighted by atomic mass is 32.2. The van der Waals surface area contributed by atoms with Crippen molar-refractivity contribution < 1.29 is 17.0 Å². The van der Waals surface area contributed by atoms with E-state index in [1.54, 1.807) is 12.2 Å². The Labute approximate surface area is 101 Å². The van der Waals surface area contributed by atoms with Crippen molar-refractivity contribution in [1.82, 2.24) is 0 Å². The number of furan rings is 1. The van der Waals surface area contributed by atoms with Crippen LogP contribution in [0.15, 0.2) is 51.9 Å². The SMILES string of the molecule is CC1(C)C=CC=C(OS(=O)(=O)c2ccco2)C1. The van der Waals surface area contributed by atoms with E-state index in [0.717, 1.165) is 0 Å². The molecule has 0 saturated heterocycles. The van der Waals surface area contributed by atoms with Crippen LogP contribution < -0.4 is 0 Å². The van der Waals surface area contributed by atoms with E-state index >= 15 is 0 Å². The zero-order valence-electron chi connectivity index (χ0n) is 9.71. The molecule has 0 amide bonds. The summed E-state index contributed by atoms with van der Waals surface area (Å²) in [5, 5.41) is -0.175. The van der Waals surface area contributed by atoms with Gasteiger partial charge in [0.15, 0.2) is 0 Å². The number of hydrogen-bond donors (Lipinski definition) is 0. The lowest BCUT2D eigenvalue weighted by Crippen LogP contribution is -2.15. The molecule has 0 fully saturated rings. The van der Waals surface area contributed by atoms with Crippen LogP contribution in [-0.4, -0.2) is 8.42 Å². The molecule has 2 rings (SSSR count). The van der Waals surface area contributed by atoms with Crippen LogP contribution in [0.2, 0.25) is 0 Å². The molecule has 4 nitrogen and oxygen atoms in total. The zero-order valence-corrected chi connectivity index (χ0v) is 10.5. The van der Waals surface area contributed by atoms with Gasteiger partial charge in [0.25, 0.3) is 5.09 Å². The largest absolute Gasteiger partial charge is 0.450 e. The van der Waals surface area contributed by atoms with Gasteiger partial charge in [0.2, 0.25) is 0 Å². The molecule has 0 unspecified atom stereocenters. The van der Waals surface area contributed by atoms with E-state index in [-0.39, 0.29) is 10.5 Å². The minimum absolute atomic E-state index is 0.0945. The second-order valence-corrected chi connectivity index (χ2v) is 6.10. The van der Waals surface area contributed by atoms with Gasteiger partial charge >= 0.3 is 10.1 Å². The summed E-state index contributed by atoms with van der Waals surface area (Å²) < 4.78 is 33.5. The number of rotatable bonds is 3. The molecule has 1 aliphatic carbocycles. The average Bonchev–Trinajstić information content (AvgIpc) is 2.67. The Balaban J connectivity index is 2.18. The fourth-order valence-electron chi connectivity index (χ4n) is 1.63. The van der Waals surface area contributed by atoms with Crippen molar-refractivity contribution in [2.45, 2.75) is 25.4 Å². The first-order valence-corrected chi connectivity index (χ1v) is 6.66. The Bertz CT molecular complexity index is 547. The van der Waals surface area contributed by atoms with E-state index in [4.69, 9.17) is 8.60 Å². The fraction of sp³-hybridized carbons (Fsp3) is 0.333. The second-order valence-electron chi connectivity index (χ2n) is 4.63. The highest BCUT2D eigenvalue weighted by molar-refractivity contribution is 7.86. The predicted octanol–water partition coefficient (Wildman–Crippen LogP) is 2.85. The van der Waals surface area contributed by atoms with Gasteiger partial charge in [0.05, 0.1) is 6.26 Å². The maximum absolute atomic E-state index is 11.8. The minimum atomic E-state index is -3.84. The summed E-state index contributed by atoms with van der Waals surface area (Å²) in [5.74, 6) is 0.425. The molecule has 92 valence electrons. The summed E-state index contributed by atoms with van der Waals surface area (Å²) in [6.07, 6.45) is 7.32. The number of hydrogen-bond acceptors (Lipinski definition) is 4.